The lowest BCUT2D eigenvalue weighted by Gasteiger charge is -2.50. The van der Waals surface area contributed by atoms with Crippen LogP contribution in [-0.2, 0) is 0 Å². The summed E-state index contributed by atoms with van der Waals surface area (Å²) in [5.74, 6) is -1.14. The van der Waals surface area contributed by atoms with Gasteiger partial charge in [-0.3, -0.25) is 0 Å². The van der Waals surface area contributed by atoms with E-state index in [4.69, 9.17) is 16.0 Å². The monoisotopic (exact) mass is 518 g/mol. The summed E-state index contributed by atoms with van der Waals surface area (Å²) >= 11 is 6.19. The van der Waals surface area contributed by atoms with Gasteiger partial charge in [0.25, 0.3) is 0 Å². The second kappa shape index (κ2) is 10.0. The van der Waals surface area contributed by atoms with Gasteiger partial charge in [-0.25, -0.2) is 8.78 Å². The molecule has 0 aliphatic carbocycles. The van der Waals surface area contributed by atoms with Crippen LogP contribution < -0.4 is 5.32 Å². The molecule has 0 saturated carbocycles. The van der Waals surface area contributed by atoms with Crippen LogP contribution in [0.1, 0.15) is 47.9 Å². The Bertz CT molecular complexity index is 1430. The van der Waals surface area contributed by atoms with E-state index in [1.807, 2.05) is 54.6 Å². The van der Waals surface area contributed by atoms with Gasteiger partial charge in [0.15, 0.2) is 0 Å². The molecular formula is C29H25ClF2N4O. The summed E-state index contributed by atoms with van der Waals surface area (Å²) in [5.41, 5.74) is 1.75. The number of nitriles is 1. The highest BCUT2D eigenvalue weighted by Crippen LogP contribution is 2.47. The van der Waals surface area contributed by atoms with E-state index in [-0.39, 0.29) is 23.4 Å². The molecular weight excluding hydrogens is 494 g/mol. The van der Waals surface area contributed by atoms with E-state index in [1.54, 1.807) is 6.07 Å². The molecule has 1 aliphatic rings. The zero-order valence-corrected chi connectivity index (χ0v) is 21.1. The van der Waals surface area contributed by atoms with Crippen LogP contribution in [0.4, 0.5) is 8.78 Å². The number of alkyl halides is 1. The minimum absolute atomic E-state index is 0.173. The van der Waals surface area contributed by atoms with Crippen molar-refractivity contribution in [1.29, 1.82) is 5.26 Å². The molecule has 0 bridgehead atoms. The van der Waals surface area contributed by atoms with E-state index in [0.29, 0.717) is 23.0 Å². The summed E-state index contributed by atoms with van der Waals surface area (Å²) in [6, 6.07) is 21.4. The van der Waals surface area contributed by atoms with Crippen molar-refractivity contribution in [2.45, 2.75) is 37.4 Å². The molecule has 1 saturated heterocycles. The van der Waals surface area contributed by atoms with Gasteiger partial charge >= 0.3 is 0 Å². The maximum atomic E-state index is 15.8. The van der Waals surface area contributed by atoms with Crippen molar-refractivity contribution in [1.82, 2.24) is 15.5 Å². The van der Waals surface area contributed by atoms with Crippen molar-refractivity contribution < 1.29 is 13.2 Å². The van der Waals surface area contributed by atoms with Gasteiger partial charge in [0.1, 0.15) is 11.5 Å². The molecule has 1 aromatic heterocycles. The highest BCUT2D eigenvalue weighted by Gasteiger charge is 2.48. The van der Waals surface area contributed by atoms with Crippen molar-refractivity contribution in [3.63, 3.8) is 0 Å². The maximum absolute atomic E-state index is 15.8. The van der Waals surface area contributed by atoms with Gasteiger partial charge in [-0.2, -0.15) is 5.26 Å². The SMILES string of the molecule is CC(C)(F)[C@H](c1cc(F)cc(C#N)c1)C1CNC1[C@@H](c1ccc(Cl)cc1)c1cccc(-c2nnco2)c1. The normalized spacial score (nSPS) is 19.0. The van der Waals surface area contributed by atoms with Crippen molar-refractivity contribution >= 4 is 11.6 Å². The predicted molar refractivity (Wildman–Crippen MR) is 137 cm³/mol. The van der Waals surface area contributed by atoms with Crippen LogP contribution in [0.2, 0.25) is 5.02 Å². The molecule has 5 nitrogen and oxygen atoms in total. The molecule has 2 heterocycles. The Morgan fingerprint density at radius 3 is 2.49 bits per heavy atom. The third-order valence-electron chi connectivity index (χ3n) is 7.07. The molecule has 4 aromatic rings. The molecule has 4 atom stereocenters. The maximum Gasteiger partial charge on any atom is 0.247 e. The quantitative estimate of drug-likeness (QED) is 0.296. The first-order valence-corrected chi connectivity index (χ1v) is 12.4. The Morgan fingerprint density at radius 1 is 1.08 bits per heavy atom. The first-order valence-electron chi connectivity index (χ1n) is 12.0. The van der Waals surface area contributed by atoms with Gasteiger partial charge in [-0.05, 0) is 78.9 Å². The van der Waals surface area contributed by atoms with Crippen LogP contribution in [0, 0.1) is 23.1 Å². The summed E-state index contributed by atoms with van der Waals surface area (Å²) < 4.78 is 35.7. The number of halogens is 3. The lowest BCUT2D eigenvalue weighted by atomic mass is 9.64. The van der Waals surface area contributed by atoms with Crippen LogP contribution in [0.25, 0.3) is 11.5 Å². The summed E-state index contributed by atoms with van der Waals surface area (Å²) in [6.07, 6.45) is 1.28. The Hall–Kier alpha value is -3.60. The van der Waals surface area contributed by atoms with Crippen LogP contribution >= 0.6 is 11.6 Å². The average molecular weight is 519 g/mol. The molecule has 0 spiro atoms. The largest absolute Gasteiger partial charge is 0.423 e. The molecule has 1 fully saturated rings. The second-order valence-electron chi connectivity index (χ2n) is 9.92. The third kappa shape index (κ3) is 5.13. The van der Waals surface area contributed by atoms with Crippen molar-refractivity contribution in [3.8, 4) is 17.5 Å². The molecule has 0 radical (unpaired) electrons. The molecule has 188 valence electrons. The van der Waals surface area contributed by atoms with Crippen molar-refractivity contribution in [3.05, 3.63) is 106 Å². The number of nitrogens with zero attached hydrogens (tertiary/aromatic N) is 3. The Morgan fingerprint density at radius 2 is 1.86 bits per heavy atom. The third-order valence-corrected chi connectivity index (χ3v) is 7.32. The Kier molecular flexibility index (Phi) is 6.80. The minimum Gasteiger partial charge on any atom is -0.423 e. The van der Waals surface area contributed by atoms with Gasteiger partial charge in [-0.15, -0.1) is 10.2 Å². The lowest BCUT2D eigenvalue weighted by molar-refractivity contribution is 0.0693. The van der Waals surface area contributed by atoms with E-state index in [1.165, 1.54) is 32.4 Å². The average Bonchev–Trinajstić information content (AvgIpc) is 3.40. The Balaban J connectivity index is 1.59. The summed E-state index contributed by atoms with van der Waals surface area (Å²) in [4.78, 5) is 0. The second-order valence-corrected chi connectivity index (χ2v) is 10.4. The summed E-state index contributed by atoms with van der Waals surface area (Å²) in [5, 5.41) is 21.3. The predicted octanol–water partition coefficient (Wildman–Crippen LogP) is 6.65. The summed E-state index contributed by atoms with van der Waals surface area (Å²) in [6.45, 7) is 3.57. The molecule has 0 amide bonds. The van der Waals surface area contributed by atoms with Crippen molar-refractivity contribution in [2.24, 2.45) is 5.92 Å². The highest BCUT2D eigenvalue weighted by molar-refractivity contribution is 6.30. The molecule has 8 heteroatoms. The van der Waals surface area contributed by atoms with Crippen LogP contribution in [0.3, 0.4) is 0 Å². The number of nitrogens with one attached hydrogen (secondary N) is 1. The molecule has 1 aliphatic heterocycles. The highest BCUT2D eigenvalue weighted by atomic mass is 35.5. The zero-order chi connectivity index (χ0) is 26.2. The molecule has 3 aromatic carbocycles. The fraction of sp³-hybridized carbons (Fsp3) is 0.276. The van der Waals surface area contributed by atoms with E-state index >= 15 is 4.39 Å². The molecule has 2 unspecified atom stereocenters. The van der Waals surface area contributed by atoms with Crippen LogP contribution in [0.15, 0.2) is 77.5 Å². The molecule has 1 N–H and O–H groups in total. The van der Waals surface area contributed by atoms with Crippen LogP contribution in [-0.4, -0.2) is 28.5 Å². The van der Waals surface area contributed by atoms with Gasteiger partial charge in [0.2, 0.25) is 12.3 Å². The smallest absolute Gasteiger partial charge is 0.247 e. The Labute approximate surface area is 219 Å². The van der Waals surface area contributed by atoms with Crippen molar-refractivity contribution in [2.75, 3.05) is 6.54 Å². The van der Waals surface area contributed by atoms with E-state index in [9.17, 15) is 9.65 Å². The number of hydrogen-bond acceptors (Lipinski definition) is 5. The zero-order valence-electron chi connectivity index (χ0n) is 20.3. The number of hydrogen-bond donors (Lipinski definition) is 1. The lowest BCUT2D eigenvalue weighted by Crippen LogP contribution is -2.60. The van der Waals surface area contributed by atoms with Crippen LogP contribution in [0.5, 0.6) is 0 Å². The van der Waals surface area contributed by atoms with Gasteiger partial charge in [0, 0.05) is 35.0 Å². The van der Waals surface area contributed by atoms with Gasteiger partial charge in [-0.1, -0.05) is 35.9 Å². The molecule has 5 rings (SSSR count). The number of benzene rings is 3. The topological polar surface area (TPSA) is 74.7 Å². The van der Waals surface area contributed by atoms with E-state index in [2.05, 4.69) is 15.5 Å². The first-order chi connectivity index (χ1) is 17.7. The summed E-state index contributed by atoms with van der Waals surface area (Å²) in [7, 11) is 0. The van der Waals surface area contributed by atoms with Gasteiger partial charge in [0.05, 0.1) is 11.6 Å². The first kappa shape index (κ1) is 25.1. The standard InChI is InChI=1S/C29H25ClF2N4O/c1-29(2,32)26(21-10-17(14-33)11-23(31)13-21)24-15-34-27(24)25(18-6-8-22(30)9-7-18)19-4-3-5-20(12-19)28-36-35-16-37-28/h3-13,16,24-27,34H,15H2,1-2H3/t24?,25-,26+,27?/m0/s1. The van der Waals surface area contributed by atoms with E-state index < -0.39 is 17.4 Å². The fourth-order valence-electron chi connectivity index (χ4n) is 5.53. The number of rotatable bonds is 7. The molecule has 37 heavy (non-hydrogen) atoms. The number of aromatic nitrogens is 2. The fourth-order valence-corrected chi connectivity index (χ4v) is 5.66. The minimum atomic E-state index is -1.66. The van der Waals surface area contributed by atoms with Gasteiger partial charge < -0.3 is 9.73 Å². The van der Waals surface area contributed by atoms with E-state index in [0.717, 1.165) is 16.7 Å².